The van der Waals surface area contributed by atoms with Gasteiger partial charge in [-0.3, -0.25) is 4.79 Å². The Balaban J connectivity index is 1.81. The van der Waals surface area contributed by atoms with Crippen molar-refractivity contribution in [1.82, 2.24) is 0 Å². The fourth-order valence-electron chi connectivity index (χ4n) is 3.10. The normalized spacial score (nSPS) is 18.3. The third-order valence-corrected chi connectivity index (χ3v) is 4.71. The van der Waals surface area contributed by atoms with Gasteiger partial charge in [-0.15, -0.1) is 0 Å². The van der Waals surface area contributed by atoms with E-state index in [0.717, 1.165) is 19.4 Å². The number of rotatable bonds is 16. The molecule has 2 unspecified atom stereocenters. The summed E-state index contributed by atoms with van der Waals surface area (Å²) in [5.41, 5.74) is 0. The van der Waals surface area contributed by atoms with Gasteiger partial charge in [0.1, 0.15) is 0 Å². The maximum absolute atomic E-state index is 11.1. The fourth-order valence-corrected chi connectivity index (χ4v) is 3.10. The summed E-state index contributed by atoms with van der Waals surface area (Å²) >= 11 is 0. The number of carbonyl (C=O) groups is 1. The Morgan fingerprint density at radius 2 is 1.41 bits per heavy atom. The monoisotopic (exact) mass is 312 g/mol. The molecule has 1 fully saturated rings. The minimum atomic E-state index is -0.640. The molecule has 0 saturated carbocycles. The van der Waals surface area contributed by atoms with Gasteiger partial charge in [0.05, 0.1) is 18.6 Å². The van der Waals surface area contributed by atoms with Crippen LogP contribution in [0.2, 0.25) is 0 Å². The second-order valence-electron chi connectivity index (χ2n) is 6.90. The van der Waals surface area contributed by atoms with Crippen LogP contribution in [0.4, 0.5) is 0 Å². The Morgan fingerprint density at radius 1 is 0.955 bits per heavy atom. The van der Waals surface area contributed by atoms with Crippen molar-refractivity contribution in [3.05, 3.63) is 0 Å². The summed E-state index contributed by atoms with van der Waals surface area (Å²) < 4.78 is 5.14. The van der Waals surface area contributed by atoms with E-state index in [9.17, 15) is 9.90 Å². The van der Waals surface area contributed by atoms with Crippen LogP contribution < -0.4 is 0 Å². The second-order valence-corrected chi connectivity index (χ2v) is 6.90. The van der Waals surface area contributed by atoms with E-state index in [1.807, 2.05) is 0 Å². The third-order valence-electron chi connectivity index (χ3n) is 4.71. The molecule has 3 heteroatoms. The van der Waals surface area contributed by atoms with E-state index in [2.05, 4.69) is 6.92 Å². The average molecular weight is 312 g/mol. The van der Waals surface area contributed by atoms with E-state index in [1.54, 1.807) is 0 Å². The van der Waals surface area contributed by atoms with Gasteiger partial charge in [0.15, 0.2) is 0 Å². The lowest BCUT2D eigenvalue weighted by Gasteiger charge is -2.10. The predicted octanol–water partition coefficient (Wildman–Crippen LogP) is 5.57. The van der Waals surface area contributed by atoms with Crippen molar-refractivity contribution in [2.75, 3.05) is 6.61 Å². The zero-order valence-electron chi connectivity index (χ0n) is 14.5. The molecule has 0 aromatic rings. The molecule has 0 spiro atoms. The second kappa shape index (κ2) is 12.9. The largest absolute Gasteiger partial charge is 0.481 e. The van der Waals surface area contributed by atoms with Crippen LogP contribution >= 0.6 is 0 Å². The maximum Gasteiger partial charge on any atom is 0.306 e. The van der Waals surface area contributed by atoms with Gasteiger partial charge >= 0.3 is 5.97 Å². The van der Waals surface area contributed by atoms with Crippen molar-refractivity contribution < 1.29 is 14.6 Å². The molecule has 0 bridgehead atoms. The molecular formula is C19H36O3. The molecule has 130 valence electrons. The average Bonchev–Trinajstić information content (AvgIpc) is 3.31. The molecule has 2 atom stereocenters. The summed E-state index contributed by atoms with van der Waals surface area (Å²) in [6, 6.07) is 0. The van der Waals surface area contributed by atoms with Crippen LogP contribution in [0.1, 0.15) is 96.8 Å². The van der Waals surface area contributed by atoms with Crippen LogP contribution in [-0.4, -0.2) is 23.8 Å². The zero-order valence-corrected chi connectivity index (χ0v) is 14.5. The van der Waals surface area contributed by atoms with Gasteiger partial charge in [0.2, 0.25) is 0 Å². The van der Waals surface area contributed by atoms with Crippen LogP contribution in [0.15, 0.2) is 0 Å². The fraction of sp³-hybridized carbons (Fsp3) is 0.947. The predicted molar refractivity (Wildman–Crippen MR) is 91.2 cm³/mol. The quantitative estimate of drug-likeness (QED) is 0.299. The molecule has 0 aliphatic carbocycles. The van der Waals surface area contributed by atoms with E-state index in [-0.39, 0.29) is 12.0 Å². The molecule has 1 N–H and O–H groups in total. The van der Waals surface area contributed by atoms with Gasteiger partial charge in [-0.05, 0) is 12.8 Å². The summed E-state index contributed by atoms with van der Waals surface area (Å²) in [6.07, 6.45) is 17.7. The summed E-state index contributed by atoms with van der Waals surface area (Å²) in [6.45, 7) is 3.03. The Bertz CT molecular complexity index is 274. The van der Waals surface area contributed by atoms with Crippen molar-refractivity contribution >= 4 is 5.97 Å². The molecule has 0 radical (unpaired) electrons. The first-order chi connectivity index (χ1) is 10.7. The van der Waals surface area contributed by atoms with Crippen molar-refractivity contribution in [3.63, 3.8) is 0 Å². The molecule has 0 amide bonds. The topological polar surface area (TPSA) is 49.8 Å². The van der Waals surface area contributed by atoms with Gasteiger partial charge in [0.25, 0.3) is 0 Å². The number of hydrogen-bond donors (Lipinski definition) is 1. The lowest BCUT2D eigenvalue weighted by atomic mass is 9.96. The van der Waals surface area contributed by atoms with Gasteiger partial charge in [-0.1, -0.05) is 84.0 Å². The Kier molecular flexibility index (Phi) is 11.4. The maximum atomic E-state index is 11.1. The number of aliphatic carboxylic acids is 1. The Hall–Kier alpha value is -0.570. The van der Waals surface area contributed by atoms with Crippen LogP contribution in [0.25, 0.3) is 0 Å². The highest BCUT2D eigenvalue weighted by atomic mass is 16.6. The van der Waals surface area contributed by atoms with Gasteiger partial charge in [0, 0.05) is 0 Å². The summed E-state index contributed by atoms with van der Waals surface area (Å²) in [4.78, 5) is 11.1. The number of carboxylic acids is 1. The number of ether oxygens (including phenoxy) is 1. The highest BCUT2D eigenvalue weighted by molar-refractivity contribution is 5.69. The summed E-state index contributed by atoms with van der Waals surface area (Å²) in [5, 5.41) is 9.17. The van der Waals surface area contributed by atoms with Gasteiger partial charge in [-0.2, -0.15) is 0 Å². The summed E-state index contributed by atoms with van der Waals surface area (Å²) in [5.74, 6) is -0.825. The highest BCUT2D eigenvalue weighted by Crippen LogP contribution is 2.24. The van der Waals surface area contributed by atoms with Crippen molar-refractivity contribution in [1.29, 1.82) is 0 Å². The molecule has 0 aromatic carbocycles. The molecule has 1 aliphatic heterocycles. The number of hydrogen-bond acceptors (Lipinski definition) is 2. The van der Waals surface area contributed by atoms with Crippen molar-refractivity contribution in [2.24, 2.45) is 5.92 Å². The first-order valence-corrected chi connectivity index (χ1v) is 9.58. The number of unbranched alkanes of at least 4 members (excludes halogenated alkanes) is 11. The molecule has 22 heavy (non-hydrogen) atoms. The van der Waals surface area contributed by atoms with E-state index >= 15 is 0 Å². The molecule has 1 aliphatic rings. The third kappa shape index (κ3) is 11.1. The molecular weight excluding hydrogens is 276 g/mol. The molecule has 1 rings (SSSR count). The Labute approximate surface area is 136 Å². The van der Waals surface area contributed by atoms with Crippen molar-refractivity contribution in [2.45, 2.75) is 103 Å². The molecule has 1 saturated heterocycles. The minimum Gasteiger partial charge on any atom is -0.481 e. The van der Waals surface area contributed by atoms with E-state index in [4.69, 9.17) is 4.74 Å². The Morgan fingerprint density at radius 3 is 1.82 bits per heavy atom. The minimum absolute atomic E-state index is 0.185. The molecule has 0 aromatic heterocycles. The van der Waals surface area contributed by atoms with E-state index in [0.29, 0.717) is 6.42 Å². The van der Waals surface area contributed by atoms with Crippen LogP contribution in [0, 0.1) is 5.92 Å². The zero-order chi connectivity index (χ0) is 16.0. The summed E-state index contributed by atoms with van der Waals surface area (Å²) in [7, 11) is 0. The highest BCUT2D eigenvalue weighted by Gasteiger charge is 2.29. The first-order valence-electron chi connectivity index (χ1n) is 9.58. The molecule has 3 nitrogen and oxygen atoms in total. The SMILES string of the molecule is CCCCCCCCCCCCCCC(CC1CO1)C(=O)O. The van der Waals surface area contributed by atoms with E-state index < -0.39 is 5.97 Å². The van der Waals surface area contributed by atoms with Gasteiger partial charge in [-0.25, -0.2) is 0 Å². The van der Waals surface area contributed by atoms with Crippen LogP contribution in [-0.2, 0) is 9.53 Å². The number of epoxide rings is 1. The van der Waals surface area contributed by atoms with Crippen molar-refractivity contribution in [3.8, 4) is 0 Å². The molecule has 1 heterocycles. The van der Waals surface area contributed by atoms with E-state index in [1.165, 1.54) is 70.6 Å². The lowest BCUT2D eigenvalue weighted by molar-refractivity contribution is -0.142. The number of carboxylic acid groups (broad SMARTS) is 1. The standard InChI is InChI=1S/C19H36O3/c1-2-3-4-5-6-7-8-9-10-11-12-13-14-17(19(20)21)15-18-16-22-18/h17-18H,2-16H2,1H3,(H,20,21). The van der Waals surface area contributed by atoms with Crippen LogP contribution in [0.5, 0.6) is 0 Å². The van der Waals surface area contributed by atoms with Gasteiger partial charge < -0.3 is 9.84 Å². The first kappa shape index (κ1) is 19.5. The lowest BCUT2D eigenvalue weighted by Crippen LogP contribution is -2.15. The van der Waals surface area contributed by atoms with Crippen LogP contribution in [0.3, 0.4) is 0 Å². The smallest absolute Gasteiger partial charge is 0.306 e.